The van der Waals surface area contributed by atoms with E-state index < -0.39 is 0 Å². The lowest BCUT2D eigenvalue weighted by molar-refractivity contribution is 0.0741. The second kappa shape index (κ2) is 6.51. The molecule has 1 fully saturated rings. The lowest BCUT2D eigenvalue weighted by Gasteiger charge is -2.35. The van der Waals surface area contributed by atoms with Crippen molar-refractivity contribution >= 4 is 0 Å². The van der Waals surface area contributed by atoms with E-state index >= 15 is 0 Å². The van der Waals surface area contributed by atoms with Crippen LogP contribution in [-0.2, 0) is 0 Å². The van der Waals surface area contributed by atoms with Crippen molar-refractivity contribution < 1.29 is 5.11 Å². The molecule has 1 aromatic rings. The van der Waals surface area contributed by atoms with Gasteiger partial charge in [0.2, 0.25) is 0 Å². The SMILES string of the molecule is CCN1CCN(CC(O)c2cc(C)ccc2C)CC1. The van der Waals surface area contributed by atoms with Gasteiger partial charge in [-0.15, -0.1) is 0 Å². The summed E-state index contributed by atoms with van der Waals surface area (Å²) in [5, 5.41) is 10.4. The Hall–Kier alpha value is -0.900. The number of rotatable bonds is 4. The van der Waals surface area contributed by atoms with Gasteiger partial charge in [-0.1, -0.05) is 30.7 Å². The molecule has 0 bridgehead atoms. The first-order valence-corrected chi connectivity index (χ1v) is 7.30. The molecule has 2 rings (SSSR count). The Bertz CT molecular complexity index is 411. The Kier molecular flexibility index (Phi) is 4.97. The second-order valence-corrected chi connectivity index (χ2v) is 5.61. The van der Waals surface area contributed by atoms with E-state index in [1.807, 2.05) is 0 Å². The minimum absolute atomic E-state index is 0.368. The van der Waals surface area contributed by atoms with Crippen molar-refractivity contribution in [2.24, 2.45) is 0 Å². The Balaban J connectivity index is 1.94. The largest absolute Gasteiger partial charge is 0.387 e. The van der Waals surface area contributed by atoms with Crippen LogP contribution in [0.4, 0.5) is 0 Å². The van der Waals surface area contributed by atoms with Gasteiger partial charge in [0.25, 0.3) is 0 Å². The summed E-state index contributed by atoms with van der Waals surface area (Å²) in [6.07, 6.45) is -0.368. The summed E-state index contributed by atoms with van der Waals surface area (Å²) < 4.78 is 0. The van der Waals surface area contributed by atoms with Gasteiger partial charge in [-0.25, -0.2) is 0 Å². The van der Waals surface area contributed by atoms with Gasteiger partial charge in [-0.05, 0) is 31.5 Å². The molecule has 1 aromatic carbocycles. The van der Waals surface area contributed by atoms with Gasteiger partial charge in [-0.2, -0.15) is 0 Å². The van der Waals surface area contributed by atoms with E-state index in [1.165, 1.54) is 11.1 Å². The Labute approximate surface area is 116 Å². The summed E-state index contributed by atoms with van der Waals surface area (Å²) in [5.41, 5.74) is 3.48. The van der Waals surface area contributed by atoms with Crippen molar-refractivity contribution in [1.29, 1.82) is 0 Å². The molecule has 19 heavy (non-hydrogen) atoms. The molecule has 1 unspecified atom stereocenters. The van der Waals surface area contributed by atoms with Crippen LogP contribution in [0.3, 0.4) is 0 Å². The van der Waals surface area contributed by atoms with E-state index in [0.717, 1.165) is 44.8 Å². The summed E-state index contributed by atoms with van der Waals surface area (Å²) in [5.74, 6) is 0. The van der Waals surface area contributed by atoms with Gasteiger partial charge in [0, 0.05) is 32.7 Å². The number of nitrogens with zero attached hydrogens (tertiary/aromatic N) is 2. The molecule has 3 nitrogen and oxygen atoms in total. The Morgan fingerprint density at radius 2 is 1.74 bits per heavy atom. The van der Waals surface area contributed by atoms with Crippen LogP contribution in [0.15, 0.2) is 18.2 Å². The number of aryl methyl sites for hydroxylation is 2. The van der Waals surface area contributed by atoms with Gasteiger partial charge in [0.1, 0.15) is 0 Å². The van der Waals surface area contributed by atoms with Gasteiger partial charge in [0.05, 0.1) is 6.10 Å². The lowest BCUT2D eigenvalue weighted by Crippen LogP contribution is -2.47. The summed E-state index contributed by atoms with van der Waals surface area (Å²) in [6.45, 7) is 12.6. The number of hydrogen-bond donors (Lipinski definition) is 1. The summed E-state index contributed by atoms with van der Waals surface area (Å²) >= 11 is 0. The summed E-state index contributed by atoms with van der Waals surface area (Å²) in [4.78, 5) is 4.83. The predicted molar refractivity (Wildman–Crippen MR) is 79.4 cm³/mol. The number of likely N-dealkylation sites (N-methyl/N-ethyl adjacent to an activating group) is 1. The number of β-amino-alcohol motifs (C(OH)–C–C–N with tert-alkyl or cyclic N) is 1. The average Bonchev–Trinajstić information content (AvgIpc) is 2.42. The quantitative estimate of drug-likeness (QED) is 0.899. The molecule has 0 aliphatic carbocycles. The molecular formula is C16H26N2O. The van der Waals surface area contributed by atoms with Crippen LogP contribution in [0.25, 0.3) is 0 Å². The van der Waals surface area contributed by atoms with E-state index in [0.29, 0.717) is 0 Å². The maximum Gasteiger partial charge on any atom is 0.0919 e. The first-order valence-electron chi connectivity index (χ1n) is 7.30. The van der Waals surface area contributed by atoms with E-state index in [1.54, 1.807) is 0 Å². The van der Waals surface area contributed by atoms with Crippen molar-refractivity contribution in [3.05, 3.63) is 34.9 Å². The Morgan fingerprint density at radius 3 is 2.37 bits per heavy atom. The molecule has 1 aliphatic rings. The van der Waals surface area contributed by atoms with Crippen LogP contribution in [0.5, 0.6) is 0 Å². The molecule has 1 N–H and O–H groups in total. The fraction of sp³-hybridized carbons (Fsp3) is 0.625. The number of benzene rings is 1. The van der Waals surface area contributed by atoms with Gasteiger partial charge in [-0.3, -0.25) is 4.90 Å². The molecule has 1 aliphatic heterocycles. The summed E-state index contributed by atoms with van der Waals surface area (Å²) in [7, 11) is 0. The van der Waals surface area contributed by atoms with Gasteiger partial charge >= 0.3 is 0 Å². The van der Waals surface area contributed by atoms with E-state index in [-0.39, 0.29) is 6.10 Å². The highest BCUT2D eigenvalue weighted by atomic mass is 16.3. The Morgan fingerprint density at radius 1 is 1.11 bits per heavy atom. The normalized spacial score (nSPS) is 19.6. The smallest absolute Gasteiger partial charge is 0.0919 e. The van der Waals surface area contributed by atoms with Crippen molar-refractivity contribution in [2.45, 2.75) is 26.9 Å². The van der Waals surface area contributed by atoms with Crippen LogP contribution in [0, 0.1) is 13.8 Å². The highest BCUT2D eigenvalue weighted by Crippen LogP contribution is 2.20. The van der Waals surface area contributed by atoms with E-state index in [4.69, 9.17) is 0 Å². The molecular weight excluding hydrogens is 236 g/mol. The zero-order valence-electron chi connectivity index (χ0n) is 12.4. The number of aliphatic hydroxyl groups is 1. The zero-order chi connectivity index (χ0) is 13.8. The predicted octanol–water partition coefficient (Wildman–Crippen LogP) is 1.97. The molecule has 0 amide bonds. The fourth-order valence-electron chi connectivity index (χ4n) is 2.75. The topological polar surface area (TPSA) is 26.7 Å². The minimum Gasteiger partial charge on any atom is -0.387 e. The number of piperazine rings is 1. The molecule has 1 saturated heterocycles. The average molecular weight is 262 g/mol. The van der Waals surface area contributed by atoms with Crippen molar-refractivity contribution in [1.82, 2.24) is 9.80 Å². The molecule has 1 heterocycles. The molecule has 0 radical (unpaired) electrons. The first-order chi connectivity index (χ1) is 9.10. The van der Waals surface area contributed by atoms with Crippen LogP contribution >= 0.6 is 0 Å². The molecule has 3 heteroatoms. The fourth-order valence-corrected chi connectivity index (χ4v) is 2.75. The third-order valence-electron chi connectivity index (χ3n) is 4.14. The maximum atomic E-state index is 10.4. The van der Waals surface area contributed by atoms with Crippen LogP contribution in [0.1, 0.15) is 29.7 Å². The highest BCUT2D eigenvalue weighted by Gasteiger charge is 2.19. The number of aliphatic hydroxyl groups excluding tert-OH is 1. The van der Waals surface area contributed by atoms with Crippen LogP contribution in [-0.4, -0.2) is 54.2 Å². The third-order valence-corrected chi connectivity index (χ3v) is 4.14. The molecule has 0 aromatic heterocycles. The monoisotopic (exact) mass is 262 g/mol. The molecule has 0 spiro atoms. The molecule has 0 saturated carbocycles. The molecule has 1 atom stereocenters. The van der Waals surface area contributed by atoms with Crippen LogP contribution in [0.2, 0.25) is 0 Å². The van der Waals surface area contributed by atoms with Crippen molar-refractivity contribution in [2.75, 3.05) is 39.3 Å². The van der Waals surface area contributed by atoms with Crippen molar-refractivity contribution in [3.63, 3.8) is 0 Å². The third kappa shape index (κ3) is 3.78. The minimum atomic E-state index is -0.368. The van der Waals surface area contributed by atoms with E-state index in [2.05, 4.69) is 48.8 Å². The number of hydrogen-bond acceptors (Lipinski definition) is 3. The molecule has 106 valence electrons. The zero-order valence-corrected chi connectivity index (χ0v) is 12.4. The summed E-state index contributed by atoms with van der Waals surface area (Å²) in [6, 6.07) is 6.32. The first kappa shape index (κ1) is 14.5. The standard InChI is InChI=1S/C16H26N2O/c1-4-17-7-9-18(10-8-17)12-16(19)15-11-13(2)5-6-14(15)3/h5-6,11,16,19H,4,7-10,12H2,1-3H3. The maximum absolute atomic E-state index is 10.4. The van der Waals surface area contributed by atoms with Crippen molar-refractivity contribution in [3.8, 4) is 0 Å². The van der Waals surface area contributed by atoms with Gasteiger partial charge in [0.15, 0.2) is 0 Å². The van der Waals surface area contributed by atoms with E-state index in [9.17, 15) is 5.11 Å². The highest BCUT2D eigenvalue weighted by molar-refractivity contribution is 5.32. The second-order valence-electron chi connectivity index (χ2n) is 5.61. The lowest BCUT2D eigenvalue weighted by atomic mass is 10.0. The van der Waals surface area contributed by atoms with Crippen LogP contribution < -0.4 is 0 Å². The van der Waals surface area contributed by atoms with Gasteiger partial charge < -0.3 is 10.0 Å².